The van der Waals surface area contributed by atoms with Gasteiger partial charge in [0.05, 0.1) is 11.0 Å². The first-order chi connectivity index (χ1) is 6.43. The van der Waals surface area contributed by atoms with Gasteiger partial charge in [-0.3, -0.25) is 10.1 Å². The van der Waals surface area contributed by atoms with E-state index in [0.29, 0.717) is 6.07 Å². The molecule has 0 saturated carbocycles. The normalized spacial score (nSPS) is 10.6. The largest absolute Gasteiger partial charge is 0.285 e. The van der Waals surface area contributed by atoms with Gasteiger partial charge in [0.15, 0.2) is 0 Å². The van der Waals surface area contributed by atoms with E-state index in [1.165, 1.54) is 0 Å². The highest BCUT2D eigenvalue weighted by atomic mass is 79.9. The quantitative estimate of drug-likeness (QED) is 0.472. The molecule has 4 nitrogen and oxygen atoms in total. The van der Waals surface area contributed by atoms with Gasteiger partial charge in [0.25, 0.3) is 12.1 Å². The molecule has 1 aromatic rings. The van der Waals surface area contributed by atoms with Crippen LogP contribution in [0.1, 0.15) is 12.0 Å². The number of rotatable bonds is 2. The molecule has 1 rings (SSSR count). The van der Waals surface area contributed by atoms with Crippen LogP contribution in [0.15, 0.2) is 10.7 Å². The molecule has 76 valence electrons. The molecule has 0 bridgehead atoms. The summed E-state index contributed by atoms with van der Waals surface area (Å²) in [6.07, 6.45) is -3.09. The fourth-order valence-electron chi connectivity index (χ4n) is 0.835. The molecule has 0 N–H and O–H groups in total. The monoisotopic (exact) mass is 270 g/mol. The van der Waals surface area contributed by atoms with Crippen molar-refractivity contribution in [1.29, 1.82) is 0 Å². The zero-order chi connectivity index (χ0) is 10.9. The minimum absolute atomic E-state index is 0.353. The van der Waals surface area contributed by atoms with Crippen LogP contribution in [0.5, 0.6) is 0 Å². The lowest BCUT2D eigenvalue weighted by Gasteiger charge is -2.03. The third kappa shape index (κ3) is 2.00. The second-order valence-electron chi connectivity index (χ2n) is 2.23. The molecule has 0 unspecified atom stereocenters. The Bertz CT molecular complexity index is 386. The molecule has 0 radical (unpaired) electrons. The molecule has 1 heterocycles. The minimum Gasteiger partial charge on any atom is -0.258 e. The van der Waals surface area contributed by atoms with E-state index in [0.717, 1.165) is 0 Å². The number of hydrogen-bond donors (Lipinski definition) is 0. The lowest BCUT2D eigenvalue weighted by atomic mass is 10.2. The predicted octanol–water partition coefficient (Wildman–Crippen LogP) is 2.83. The van der Waals surface area contributed by atoms with E-state index in [-0.39, 0.29) is 0 Å². The maximum Gasteiger partial charge on any atom is 0.285 e. The molecule has 0 aromatic carbocycles. The summed E-state index contributed by atoms with van der Waals surface area (Å²) in [6, 6.07) is 0.353. The van der Waals surface area contributed by atoms with Crippen molar-refractivity contribution in [3.63, 3.8) is 0 Å². The fraction of sp³-hybridized carbons (Fsp3) is 0.167. The van der Waals surface area contributed by atoms with Crippen LogP contribution in [0.4, 0.5) is 18.9 Å². The van der Waals surface area contributed by atoms with Crippen LogP contribution >= 0.6 is 15.9 Å². The average Bonchev–Trinajstić information content (AvgIpc) is 2.01. The van der Waals surface area contributed by atoms with Gasteiger partial charge in [-0.25, -0.2) is 13.8 Å². The highest BCUT2D eigenvalue weighted by molar-refractivity contribution is 9.10. The summed E-state index contributed by atoms with van der Waals surface area (Å²) in [6.45, 7) is 0. The van der Waals surface area contributed by atoms with Crippen LogP contribution in [0, 0.1) is 16.1 Å². The van der Waals surface area contributed by atoms with Gasteiger partial charge < -0.3 is 0 Å². The summed E-state index contributed by atoms with van der Waals surface area (Å²) >= 11 is 2.53. The van der Waals surface area contributed by atoms with Crippen LogP contribution in [0.3, 0.4) is 0 Å². The molecule has 0 amide bonds. The lowest BCUT2D eigenvalue weighted by molar-refractivity contribution is -0.386. The van der Waals surface area contributed by atoms with Gasteiger partial charge in [-0.1, -0.05) is 0 Å². The van der Waals surface area contributed by atoms with Crippen molar-refractivity contribution in [3.05, 3.63) is 32.3 Å². The summed E-state index contributed by atoms with van der Waals surface area (Å²) in [5, 5.41) is 10.3. The van der Waals surface area contributed by atoms with Crippen LogP contribution in [-0.4, -0.2) is 9.91 Å². The fourth-order valence-corrected chi connectivity index (χ4v) is 1.38. The lowest BCUT2D eigenvalue weighted by Crippen LogP contribution is -2.00. The number of pyridine rings is 1. The van der Waals surface area contributed by atoms with E-state index in [9.17, 15) is 23.3 Å². The predicted molar refractivity (Wildman–Crippen MR) is 43.5 cm³/mol. The number of hydrogen-bond acceptors (Lipinski definition) is 3. The zero-order valence-corrected chi connectivity index (χ0v) is 7.96. The Morgan fingerprint density at radius 3 is 2.57 bits per heavy atom. The summed E-state index contributed by atoms with van der Waals surface area (Å²) in [5.41, 5.74) is -1.91. The molecule has 0 aliphatic carbocycles. The topological polar surface area (TPSA) is 56.0 Å². The summed E-state index contributed by atoms with van der Waals surface area (Å²) < 4.78 is 36.6. The van der Waals surface area contributed by atoms with Crippen molar-refractivity contribution in [3.8, 4) is 0 Å². The van der Waals surface area contributed by atoms with Crippen LogP contribution in [-0.2, 0) is 0 Å². The maximum atomic E-state index is 12.5. The SMILES string of the molecule is O=[N+]([O-])c1cc(F)nc(Br)c1C(F)F. The first-order valence-electron chi connectivity index (χ1n) is 3.22. The van der Waals surface area contributed by atoms with Crippen molar-refractivity contribution in [2.24, 2.45) is 0 Å². The summed E-state index contributed by atoms with van der Waals surface area (Å²) in [5.74, 6) is -1.19. The highest BCUT2D eigenvalue weighted by Gasteiger charge is 2.27. The van der Waals surface area contributed by atoms with Crippen molar-refractivity contribution in [2.75, 3.05) is 0 Å². The molecule has 0 aliphatic heterocycles. The number of halogens is 4. The van der Waals surface area contributed by atoms with Crippen LogP contribution in [0.2, 0.25) is 0 Å². The van der Waals surface area contributed by atoms with Gasteiger partial charge in [-0.05, 0) is 15.9 Å². The van der Waals surface area contributed by atoms with E-state index in [1.54, 1.807) is 0 Å². The summed E-state index contributed by atoms with van der Waals surface area (Å²) in [7, 11) is 0. The smallest absolute Gasteiger partial charge is 0.258 e. The second-order valence-corrected chi connectivity index (χ2v) is 2.98. The Labute approximate surface area is 84.0 Å². The van der Waals surface area contributed by atoms with Gasteiger partial charge in [-0.2, -0.15) is 4.39 Å². The van der Waals surface area contributed by atoms with E-state index >= 15 is 0 Å². The molecule has 0 aliphatic rings. The Balaban J connectivity index is 3.44. The maximum absolute atomic E-state index is 12.5. The van der Waals surface area contributed by atoms with Gasteiger partial charge in [-0.15, -0.1) is 0 Å². The molecule has 8 heteroatoms. The average molecular weight is 271 g/mol. The molecular formula is C6H2BrF3N2O2. The first-order valence-corrected chi connectivity index (χ1v) is 4.01. The zero-order valence-electron chi connectivity index (χ0n) is 6.38. The van der Waals surface area contributed by atoms with Crippen molar-refractivity contribution < 1.29 is 18.1 Å². The minimum atomic E-state index is -3.09. The Morgan fingerprint density at radius 2 is 2.14 bits per heavy atom. The number of alkyl halides is 2. The molecule has 0 fully saturated rings. The van der Waals surface area contributed by atoms with E-state index in [1.807, 2.05) is 0 Å². The molecule has 0 spiro atoms. The third-order valence-electron chi connectivity index (χ3n) is 1.37. The molecule has 0 atom stereocenters. The summed E-state index contributed by atoms with van der Waals surface area (Å²) in [4.78, 5) is 12.2. The molecule has 1 aromatic heterocycles. The van der Waals surface area contributed by atoms with Crippen molar-refractivity contribution >= 4 is 21.6 Å². The Hall–Kier alpha value is -1.18. The number of aromatic nitrogens is 1. The molecular weight excluding hydrogens is 269 g/mol. The van der Waals surface area contributed by atoms with E-state index in [4.69, 9.17) is 0 Å². The van der Waals surface area contributed by atoms with Crippen molar-refractivity contribution in [2.45, 2.75) is 6.43 Å². The van der Waals surface area contributed by atoms with Gasteiger partial charge in [0.1, 0.15) is 10.2 Å². The standard InChI is InChI=1S/C6H2BrF3N2O2/c7-5-4(6(9)10)2(12(13)14)1-3(8)11-5/h1,6H. The van der Waals surface area contributed by atoms with Gasteiger partial charge in [0.2, 0.25) is 5.95 Å². The van der Waals surface area contributed by atoms with Gasteiger partial charge in [0, 0.05) is 0 Å². The first kappa shape index (κ1) is 10.9. The Morgan fingerprint density at radius 1 is 1.57 bits per heavy atom. The van der Waals surface area contributed by atoms with Crippen molar-refractivity contribution in [1.82, 2.24) is 4.98 Å². The molecule has 14 heavy (non-hydrogen) atoms. The number of nitro groups is 1. The molecule has 0 saturated heterocycles. The second kappa shape index (κ2) is 3.91. The van der Waals surface area contributed by atoms with Crippen LogP contribution in [0.25, 0.3) is 0 Å². The van der Waals surface area contributed by atoms with E-state index < -0.39 is 33.2 Å². The number of nitrogens with zero attached hydrogens (tertiary/aromatic N) is 2. The van der Waals surface area contributed by atoms with E-state index in [2.05, 4.69) is 20.9 Å². The van der Waals surface area contributed by atoms with Crippen LogP contribution < -0.4 is 0 Å². The Kier molecular flexibility index (Phi) is 3.04. The van der Waals surface area contributed by atoms with Gasteiger partial charge >= 0.3 is 0 Å². The third-order valence-corrected chi connectivity index (χ3v) is 1.98. The highest BCUT2D eigenvalue weighted by Crippen LogP contribution is 2.34.